The van der Waals surface area contributed by atoms with Crippen LogP contribution in [0, 0.1) is 26.7 Å². The van der Waals surface area contributed by atoms with Crippen LogP contribution < -0.4 is 4.90 Å². The Balaban J connectivity index is 2.10. The van der Waals surface area contributed by atoms with Crippen molar-refractivity contribution in [2.75, 3.05) is 24.5 Å². The highest BCUT2D eigenvalue weighted by atomic mass is 16.2. The van der Waals surface area contributed by atoms with Crippen molar-refractivity contribution in [2.45, 2.75) is 53.9 Å². The van der Waals surface area contributed by atoms with E-state index in [9.17, 15) is 9.59 Å². The topological polar surface area (TPSA) is 40.6 Å². The van der Waals surface area contributed by atoms with Gasteiger partial charge in [0, 0.05) is 38.7 Å². The maximum Gasteiger partial charge on any atom is 0.224 e. The fourth-order valence-corrected chi connectivity index (χ4v) is 3.81. The van der Waals surface area contributed by atoms with Gasteiger partial charge in [0.2, 0.25) is 11.8 Å². The average molecular weight is 330 g/mol. The third kappa shape index (κ3) is 4.37. The van der Waals surface area contributed by atoms with Gasteiger partial charge in [0.25, 0.3) is 0 Å². The van der Waals surface area contributed by atoms with Crippen molar-refractivity contribution < 1.29 is 9.59 Å². The van der Waals surface area contributed by atoms with Gasteiger partial charge < -0.3 is 9.80 Å². The molecule has 0 radical (unpaired) electrons. The Hall–Kier alpha value is -1.84. The summed E-state index contributed by atoms with van der Waals surface area (Å²) in [6.45, 7) is 12.0. The second-order valence-electron chi connectivity index (χ2n) is 7.26. The average Bonchev–Trinajstić information content (AvgIpc) is 2.48. The molecule has 0 spiro atoms. The lowest BCUT2D eigenvalue weighted by Crippen LogP contribution is -2.41. The molecule has 2 amide bonds. The van der Waals surface area contributed by atoms with Crippen molar-refractivity contribution in [1.82, 2.24) is 4.90 Å². The van der Waals surface area contributed by atoms with Crippen LogP contribution >= 0.6 is 0 Å². The molecule has 1 aliphatic rings. The molecule has 1 aromatic carbocycles. The predicted octanol–water partition coefficient (Wildman–Crippen LogP) is 3.61. The van der Waals surface area contributed by atoms with E-state index in [1.165, 1.54) is 12.0 Å². The highest BCUT2D eigenvalue weighted by Crippen LogP contribution is 2.27. The van der Waals surface area contributed by atoms with Crippen LogP contribution in [0.1, 0.15) is 49.8 Å². The van der Waals surface area contributed by atoms with Crippen LogP contribution in [-0.2, 0) is 9.59 Å². The highest BCUT2D eigenvalue weighted by Gasteiger charge is 2.23. The summed E-state index contributed by atoms with van der Waals surface area (Å²) in [5.74, 6) is 0.730. The normalized spacial score (nSPS) is 17.7. The molecule has 1 saturated heterocycles. The van der Waals surface area contributed by atoms with Gasteiger partial charge in [0.05, 0.1) is 0 Å². The number of anilines is 1. The third-order valence-electron chi connectivity index (χ3n) is 4.84. The number of likely N-dealkylation sites (tertiary alicyclic amines) is 1. The van der Waals surface area contributed by atoms with Gasteiger partial charge in [0.15, 0.2) is 0 Å². The van der Waals surface area contributed by atoms with Crippen LogP contribution in [0.3, 0.4) is 0 Å². The summed E-state index contributed by atoms with van der Waals surface area (Å²) in [5, 5.41) is 0. The zero-order chi connectivity index (χ0) is 17.9. The Morgan fingerprint density at radius 1 is 1.21 bits per heavy atom. The van der Waals surface area contributed by atoms with Crippen molar-refractivity contribution in [3.63, 3.8) is 0 Å². The van der Waals surface area contributed by atoms with Crippen LogP contribution in [0.25, 0.3) is 0 Å². The van der Waals surface area contributed by atoms with Crippen molar-refractivity contribution in [1.29, 1.82) is 0 Å². The molecule has 24 heavy (non-hydrogen) atoms. The molecule has 4 heteroatoms. The predicted molar refractivity (Wildman–Crippen MR) is 98.3 cm³/mol. The third-order valence-corrected chi connectivity index (χ3v) is 4.84. The lowest BCUT2D eigenvalue weighted by molar-refractivity contribution is -0.132. The second kappa shape index (κ2) is 7.82. The maximum absolute atomic E-state index is 12.5. The Morgan fingerprint density at radius 3 is 2.38 bits per heavy atom. The first kappa shape index (κ1) is 18.5. The molecule has 2 rings (SSSR count). The highest BCUT2D eigenvalue weighted by molar-refractivity contribution is 5.94. The molecule has 0 aromatic heterocycles. The zero-order valence-electron chi connectivity index (χ0n) is 15.7. The number of rotatable bonds is 4. The van der Waals surface area contributed by atoms with E-state index in [0.29, 0.717) is 18.9 Å². The first-order chi connectivity index (χ1) is 11.3. The van der Waals surface area contributed by atoms with Gasteiger partial charge in [-0.05, 0) is 50.7 Å². The lowest BCUT2D eigenvalue weighted by atomic mass is 10.00. The van der Waals surface area contributed by atoms with Crippen molar-refractivity contribution in [3.8, 4) is 0 Å². The minimum atomic E-state index is -0.00938. The summed E-state index contributed by atoms with van der Waals surface area (Å²) >= 11 is 0. The Morgan fingerprint density at radius 2 is 1.83 bits per heavy atom. The molecule has 1 atom stereocenters. The Bertz CT molecular complexity index is 601. The second-order valence-corrected chi connectivity index (χ2v) is 7.26. The molecule has 0 bridgehead atoms. The van der Waals surface area contributed by atoms with Gasteiger partial charge in [0.1, 0.15) is 0 Å². The molecule has 0 saturated carbocycles. The first-order valence-corrected chi connectivity index (χ1v) is 8.93. The van der Waals surface area contributed by atoms with Gasteiger partial charge in [-0.25, -0.2) is 0 Å². The summed E-state index contributed by atoms with van der Waals surface area (Å²) in [6.07, 6.45) is 2.67. The molecule has 1 aromatic rings. The fraction of sp³-hybridized carbons (Fsp3) is 0.600. The van der Waals surface area contributed by atoms with E-state index in [1.54, 1.807) is 11.8 Å². The number of piperidine rings is 1. The quantitative estimate of drug-likeness (QED) is 0.846. The van der Waals surface area contributed by atoms with E-state index in [-0.39, 0.29) is 11.8 Å². The molecular weight excluding hydrogens is 300 g/mol. The number of carbonyl (C=O) groups is 2. The number of hydrogen-bond donors (Lipinski definition) is 0. The monoisotopic (exact) mass is 330 g/mol. The zero-order valence-corrected chi connectivity index (χ0v) is 15.7. The SMILES string of the molecule is CC(=O)N(CCC(=O)N1CCCC(C)C1)c1c(C)cc(C)cc1C. The minimum Gasteiger partial charge on any atom is -0.342 e. The molecule has 1 fully saturated rings. The number of hydrogen-bond acceptors (Lipinski definition) is 2. The minimum absolute atomic E-state index is 0.00938. The van der Waals surface area contributed by atoms with Crippen LogP contribution in [-0.4, -0.2) is 36.3 Å². The Kier molecular flexibility index (Phi) is 6.03. The van der Waals surface area contributed by atoms with Gasteiger partial charge >= 0.3 is 0 Å². The molecule has 4 nitrogen and oxygen atoms in total. The summed E-state index contributed by atoms with van der Waals surface area (Å²) in [5.41, 5.74) is 4.31. The van der Waals surface area contributed by atoms with Crippen molar-refractivity contribution >= 4 is 17.5 Å². The van der Waals surface area contributed by atoms with Gasteiger partial charge in [-0.3, -0.25) is 9.59 Å². The Labute approximate surface area is 145 Å². The number of carbonyl (C=O) groups excluding carboxylic acids is 2. The lowest BCUT2D eigenvalue weighted by Gasteiger charge is -2.32. The van der Waals surface area contributed by atoms with Crippen LogP contribution in [0.4, 0.5) is 5.69 Å². The van der Waals surface area contributed by atoms with E-state index in [0.717, 1.165) is 36.3 Å². The first-order valence-electron chi connectivity index (χ1n) is 8.93. The standard InChI is InChI=1S/C20H30N2O2/c1-14-7-6-9-21(13-14)19(24)8-10-22(18(5)23)20-16(3)11-15(2)12-17(20)4/h11-12,14H,6-10,13H2,1-5H3. The number of aryl methyl sites for hydroxylation is 3. The molecule has 1 heterocycles. The number of benzene rings is 1. The van der Waals surface area contributed by atoms with E-state index < -0.39 is 0 Å². The van der Waals surface area contributed by atoms with E-state index in [1.807, 2.05) is 18.7 Å². The molecular formula is C20H30N2O2. The summed E-state index contributed by atoms with van der Waals surface area (Å²) in [7, 11) is 0. The summed E-state index contributed by atoms with van der Waals surface area (Å²) in [6, 6.07) is 4.18. The fourth-order valence-electron chi connectivity index (χ4n) is 3.81. The van der Waals surface area contributed by atoms with Crippen molar-refractivity contribution in [3.05, 3.63) is 28.8 Å². The van der Waals surface area contributed by atoms with Crippen LogP contribution in [0.15, 0.2) is 12.1 Å². The molecule has 0 N–H and O–H groups in total. The van der Waals surface area contributed by atoms with Gasteiger partial charge in [-0.2, -0.15) is 0 Å². The molecule has 0 aliphatic carbocycles. The number of nitrogens with zero attached hydrogens (tertiary/aromatic N) is 2. The van der Waals surface area contributed by atoms with Gasteiger partial charge in [-0.15, -0.1) is 0 Å². The van der Waals surface area contributed by atoms with Gasteiger partial charge in [-0.1, -0.05) is 24.6 Å². The smallest absolute Gasteiger partial charge is 0.224 e. The van der Waals surface area contributed by atoms with Crippen LogP contribution in [0.2, 0.25) is 0 Å². The summed E-state index contributed by atoms with van der Waals surface area (Å²) < 4.78 is 0. The largest absolute Gasteiger partial charge is 0.342 e. The van der Waals surface area contributed by atoms with E-state index in [2.05, 4.69) is 26.0 Å². The van der Waals surface area contributed by atoms with Crippen molar-refractivity contribution in [2.24, 2.45) is 5.92 Å². The molecule has 1 unspecified atom stereocenters. The maximum atomic E-state index is 12.5. The molecule has 132 valence electrons. The van der Waals surface area contributed by atoms with E-state index in [4.69, 9.17) is 0 Å². The van der Waals surface area contributed by atoms with E-state index >= 15 is 0 Å². The molecule has 1 aliphatic heterocycles. The number of amides is 2. The summed E-state index contributed by atoms with van der Waals surface area (Å²) in [4.78, 5) is 28.4. The van der Waals surface area contributed by atoms with Crippen LogP contribution in [0.5, 0.6) is 0 Å².